The van der Waals surface area contributed by atoms with E-state index in [1.54, 1.807) is 49.4 Å². The summed E-state index contributed by atoms with van der Waals surface area (Å²) in [6.45, 7) is 3.96. The maximum atomic E-state index is 12.7. The van der Waals surface area contributed by atoms with Gasteiger partial charge in [0.25, 0.3) is 10.0 Å². The van der Waals surface area contributed by atoms with Gasteiger partial charge in [0.05, 0.1) is 17.2 Å². The summed E-state index contributed by atoms with van der Waals surface area (Å²) in [6.07, 6.45) is 3.03. The van der Waals surface area contributed by atoms with E-state index < -0.39 is 16.0 Å². The quantitative estimate of drug-likeness (QED) is 0.492. The van der Waals surface area contributed by atoms with Gasteiger partial charge >= 0.3 is 5.97 Å². The number of sulfonamides is 1. The molecule has 5 nitrogen and oxygen atoms in total. The Balaban J connectivity index is 1.98. The van der Waals surface area contributed by atoms with Gasteiger partial charge in [-0.15, -0.1) is 0 Å². The first-order chi connectivity index (χ1) is 13.4. The number of carbonyl (C=O) groups is 1. The predicted octanol–water partition coefficient (Wildman–Crippen LogP) is 4.53. The third kappa shape index (κ3) is 4.40. The Hall–Kier alpha value is -3.12. The van der Waals surface area contributed by atoms with Crippen molar-refractivity contribution in [3.63, 3.8) is 0 Å². The molecule has 144 valence electrons. The Kier molecular flexibility index (Phi) is 5.80. The second kappa shape index (κ2) is 8.27. The molecule has 0 radical (unpaired) electrons. The summed E-state index contributed by atoms with van der Waals surface area (Å²) in [4.78, 5) is 11.8. The Labute approximate surface area is 164 Å². The topological polar surface area (TPSA) is 72.5 Å². The number of aryl methyl sites for hydroxylation is 1. The molecule has 0 aliphatic rings. The van der Waals surface area contributed by atoms with Crippen molar-refractivity contribution < 1.29 is 17.9 Å². The van der Waals surface area contributed by atoms with Crippen LogP contribution in [0, 0.1) is 6.92 Å². The minimum atomic E-state index is -3.71. The maximum absolute atomic E-state index is 12.7. The average molecular weight is 395 g/mol. The van der Waals surface area contributed by atoms with Crippen LogP contribution in [0.4, 0.5) is 5.69 Å². The lowest BCUT2D eigenvalue weighted by molar-refractivity contribution is -0.137. The third-order valence-electron chi connectivity index (χ3n) is 4.22. The number of fused-ring (bicyclic) bond motifs is 1. The van der Waals surface area contributed by atoms with Crippen molar-refractivity contribution >= 4 is 38.5 Å². The zero-order chi connectivity index (χ0) is 20.1. The molecule has 0 atom stereocenters. The number of carbonyl (C=O) groups excluding carboxylic acids is 1. The number of hydrogen-bond acceptors (Lipinski definition) is 4. The standard InChI is InChI=1S/C22H21NO4S/c1-3-27-22(24)15-11-17-10-14-21(20-7-5-4-6-19(17)20)23-28(25,26)18-12-8-16(2)9-13-18/h4-15,23H,3H2,1-2H3/b15-11+. The molecule has 3 rings (SSSR count). The van der Waals surface area contributed by atoms with Crippen LogP contribution in [0.15, 0.2) is 71.6 Å². The summed E-state index contributed by atoms with van der Waals surface area (Å²) >= 11 is 0. The van der Waals surface area contributed by atoms with Crippen LogP contribution in [0.25, 0.3) is 16.8 Å². The highest BCUT2D eigenvalue weighted by molar-refractivity contribution is 7.92. The molecule has 0 aliphatic carbocycles. The zero-order valence-corrected chi connectivity index (χ0v) is 16.5. The molecule has 0 saturated carbocycles. The van der Waals surface area contributed by atoms with Crippen LogP contribution >= 0.6 is 0 Å². The molecule has 0 spiro atoms. The molecule has 0 amide bonds. The molecule has 0 aliphatic heterocycles. The van der Waals surface area contributed by atoms with E-state index in [1.165, 1.54) is 6.08 Å². The number of esters is 1. The fourth-order valence-electron chi connectivity index (χ4n) is 2.83. The average Bonchev–Trinajstić information content (AvgIpc) is 2.68. The normalized spacial score (nSPS) is 11.6. The number of ether oxygens (including phenoxy) is 1. The summed E-state index contributed by atoms with van der Waals surface area (Å²) in [7, 11) is -3.71. The molecule has 6 heteroatoms. The number of hydrogen-bond donors (Lipinski definition) is 1. The van der Waals surface area contributed by atoms with Gasteiger partial charge in [-0.25, -0.2) is 13.2 Å². The van der Waals surface area contributed by atoms with Crippen molar-refractivity contribution in [3.05, 3.63) is 77.9 Å². The van der Waals surface area contributed by atoms with Crippen LogP contribution in [0.5, 0.6) is 0 Å². The molecule has 0 bridgehead atoms. The smallest absolute Gasteiger partial charge is 0.330 e. The Morgan fingerprint density at radius 2 is 1.68 bits per heavy atom. The minimum absolute atomic E-state index is 0.202. The van der Waals surface area contributed by atoms with E-state index in [2.05, 4.69) is 4.72 Å². The van der Waals surface area contributed by atoms with Crippen LogP contribution in [0.3, 0.4) is 0 Å². The van der Waals surface area contributed by atoms with Gasteiger partial charge in [0.1, 0.15) is 0 Å². The molecule has 0 fully saturated rings. The highest BCUT2D eigenvalue weighted by Crippen LogP contribution is 2.29. The molecule has 1 N–H and O–H groups in total. The van der Waals surface area contributed by atoms with Crippen molar-refractivity contribution in [2.45, 2.75) is 18.7 Å². The largest absolute Gasteiger partial charge is 0.463 e. The van der Waals surface area contributed by atoms with Gasteiger partial charge in [0, 0.05) is 11.5 Å². The molecule has 0 heterocycles. The van der Waals surface area contributed by atoms with Crippen LogP contribution in [-0.4, -0.2) is 21.0 Å². The van der Waals surface area contributed by atoms with Gasteiger partial charge in [-0.1, -0.05) is 48.0 Å². The highest BCUT2D eigenvalue weighted by Gasteiger charge is 2.16. The van der Waals surface area contributed by atoms with Gasteiger partial charge in [-0.3, -0.25) is 4.72 Å². The highest BCUT2D eigenvalue weighted by atomic mass is 32.2. The van der Waals surface area contributed by atoms with E-state index in [9.17, 15) is 13.2 Å². The van der Waals surface area contributed by atoms with Gasteiger partial charge in [0.2, 0.25) is 0 Å². The van der Waals surface area contributed by atoms with E-state index in [4.69, 9.17) is 4.74 Å². The molecule has 0 saturated heterocycles. The van der Waals surface area contributed by atoms with Crippen molar-refractivity contribution in [1.82, 2.24) is 0 Å². The molecule has 3 aromatic rings. The van der Waals surface area contributed by atoms with E-state index >= 15 is 0 Å². The molecule has 0 unspecified atom stereocenters. The Bertz CT molecular complexity index is 1130. The van der Waals surface area contributed by atoms with Gasteiger partial charge in [-0.05, 0) is 49.1 Å². The first-order valence-corrected chi connectivity index (χ1v) is 10.3. The molecule has 28 heavy (non-hydrogen) atoms. The number of rotatable bonds is 6. The van der Waals surface area contributed by atoms with Gasteiger partial charge in [0.15, 0.2) is 0 Å². The predicted molar refractivity (Wildman–Crippen MR) is 112 cm³/mol. The lowest BCUT2D eigenvalue weighted by atomic mass is 10.0. The molecular formula is C22H21NO4S. The fourth-order valence-corrected chi connectivity index (χ4v) is 3.91. The van der Waals surface area contributed by atoms with Crippen molar-refractivity contribution in [3.8, 4) is 0 Å². The van der Waals surface area contributed by atoms with Crippen LogP contribution in [0.1, 0.15) is 18.1 Å². The summed E-state index contributed by atoms with van der Waals surface area (Å²) in [5.41, 5.74) is 2.26. The summed E-state index contributed by atoms with van der Waals surface area (Å²) in [6, 6.07) is 17.6. The van der Waals surface area contributed by atoms with Crippen molar-refractivity contribution in [1.29, 1.82) is 0 Å². The molecule has 0 aromatic heterocycles. The first kappa shape index (κ1) is 19.6. The van der Waals surface area contributed by atoms with Gasteiger partial charge < -0.3 is 4.74 Å². The summed E-state index contributed by atoms with van der Waals surface area (Å²) in [5, 5.41) is 1.57. The van der Waals surface area contributed by atoms with Crippen LogP contribution < -0.4 is 4.72 Å². The van der Waals surface area contributed by atoms with E-state index in [-0.39, 0.29) is 4.90 Å². The van der Waals surface area contributed by atoms with Crippen LogP contribution in [-0.2, 0) is 19.6 Å². The molecular weight excluding hydrogens is 374 g/mol. The minimum Gasteiger partial charge on any atom is -0.463 e. The van der Waals surface area contributed by atoms with Crippen molar-refractivity contribution in [2.75, 3.05) is 11.3 Å². The second-order valence-corrected chi connectivity index (χ2v) is 7.93. The second-order valence-electron chi connectivity index (χ2n) is 6.25. The molecule has 3 aromatic carbocycles. The Morgan fingerprint density at radius 3 is 2.36 bits per heavy atom. The van der Waals surface area contributed by atoms with Gasteiger partial charge in [-0.2, -0.15) is 0 Å². The van der Waals surface area contributed by atoms with E-state index in [0.717, 1.165) is 21.9 Å². The monoisotopic (exact) mass is 395 g/mol. The fraction of sp³-hybridized carbons (Fsp3) is 0.136. The van der Waals surface area contributed by atoms with E-state index in [1.807, 2.05) is 31.2 Å². The summed E-state index contributed by atoms with van der Waals surface area (Å²) in [5.74, 6) is -0.421. The third-order valence-corrected chi connectivity index (χ3v) is 5.60. The maximum Gasteiger partial charge on any atom is 0.330 e. The first-order valence-electron chi connectivity index (χ1n) is 8.87. The number of anilines is 1. The lowest BCUT2D eigenvalue weighted by Gasteiger charge is -2.12. The summed E-state index contributed by atoms with van der Waals surface area (Å²) < 4.78 is 33.1. The SMILES string of the molecule is CCOC(=O)/C=C/c1ccc(NS(=O)(=O)c2ccc(C)cc2)c2ccccc12. The van der Waals surface area contributed by atoms with E-state index in [0.29, 0.717) is 12.3 Å². The Morgan fingerprint density at radius 1 is 1.00 bits per heavy atom. The number of benzene rings is 3. The van der Waals surface area contributed by atoms with Crippen LogP contribution in [0.2, 0.25) is 0 Å². The van der Waals surface area contributed by atoms with Crippen molar-refractivity contribution in [2.24, 2.45) is 0 Å². The lowest BCUT2D eigenvalue weighted by Crippen LogP contribution is -2.13. The number of nitrogens with one attached hydrogen (secondary N) is 1. The zero-order valence-electron chi connectivity index (χ0n) is 15.7.